The van der Waals surface area contributed by atoms with Crippen molar-refractivity contribution in [2.75, 3.05) is 7.11 Å². The van der Waals surface area contributed by atoms with Crippen LogP contribution in [0.1, 0.15) is 15.9 Å². The summed E-state index contributed by atoms with van der Waals surface area (Å²) in [6, 6.07) is 11.7. The Balaban J connectivity index is 2.17. The Kier molecular flexibility index (Phi) is 4.43. The van der Waals surface area contributed by atoms with Crippen LogP contribution in [0, 0.1) is 0 Å². The molecular formula is C16H13ClO3. The molecule has 0 spiro atoms. The van der Waals surface area contributed by atoms with Crippen LogP contribution in [0.2, 0.25) is 5.02 Å². The summed E-state index contributed by atoms with van der Waals surface area (Å²) in [7, 11) is 1.48. The van der Waals surface area contributed by atoms with Gasteiger partial charge in [-0.05, 0) is 35.9 Å². The number of benzene rings is 2. The number of methoxy groups -OCH3 is 1. The average molecular weight is 289 g/mol. The first-order chi connectivity index (χ1) is 9.60. The van der Waals surface area contributed by atoms with Gasteiger partial charge in [0.15, 0.2) is 17.3 Å². The Morgan fingerprint density at radius 2 is 2.05 bits per heavy atom. The molecule has 0 atom stereocenters. The van der Waals surface area contributed by atoms with E-state index < -0.39 is 0 Å². The average Bonchev–Trinajstić information content (AvgIpc) is 2.45. The quantitative estimate of drug-likeness (QED) is 0.684. The third-order valence-corrected chi connectivity index (χ3v) is 2.97. The Morgan fingerprint density at radius 3 is 2.70 bits per heavy atom. The van der Waals surface area contributed by atoms with Gasteiger partial charge in [0.2, 0.25) is 0 Å². The maximum Gasteiger partial charge on any atom is 0.185 e. The van der Waals surface area contributed by atoms with E-state index in [2.05, 4.69) is 0 Å². The summed E-state index contributed by atoms with van der Waals surface area (Å²) in [5, 5.41) is 10.2. The number of phenols is 1. The lowest BCUT2D eigenvalue weighted by Crippen LogP contribution is -1.93. The van der Waals surface area contributed by atoms with E-state index in [0.717, 1.165) is 0 Å². The summed E-state index contributed by atoms with van der Waals surface area (Å²) in [5.41, 5.74) is 1.23. The summed E-state index contributed by atoms with van der Waals surface area (Å²) in [5.74, 6) is 0.274. The van der Waals surface area contributed by atoms with Gasteiger partial charge >= 0.3 is 0 Å². The molecule has 0 amide bonds. The third kappa shape index (κ3) is 3.39. The molecule has 20 heavy (non-hydrogen) atoms. The molecule has 2 rings (SSSR count). The maximum atomic E-state index is 11.9. The van der Waals surface area contributed by atoms with Crippen molar-refractivity contribution in [1.29, 1.82) is 0 Å². The van der Waals surface area contributed by atoms with Crippen molar-refractivity contribution in [3.63, 3.8) is 0 Å². The summed E-state index contributed by atoms with van der Waals surface area (Å²) in [4.78, 5) is 11.9. The van der Waals surface area contributed by atoms with Gasteiger partial charge in [0.05, 0.1) is 7.11 Å². The lowest BCUT2D eigenvalue weighted by atomic mass is 10.1. The molecule has 0 saturated carbocycles. The Bertz CT molecular complexity index is 663. The number of rotatable bonds is 4. The van der Waals surface area contributed by atoms with E-state index in [0.29, 0.717) is 21.9 Å². The van der Waals surface area contributed by atoms with Gasteiger partial charge in [-0.15, -0.1) is 0 Å². The summed E-state index contributed by atoms with van der Waals surface area (Å²) in [6.07, 6.45) is 3.06. The highest BCUT2D eigenvalue weighted by Gasteiger charge is 2.03. The second-order valence-corrected chi connectivity index (χ2v) is 4.58. The highest BCUT2D eigenvalue weighted by molar-refractivity contribution is 6.31. The molecule has 0 heterocycles. The number of hydrogen-bond donors (Lipinski definition) is 1. The fourth-order valence-electron chi connectivity index (χ4n) is 1.72. The number of ketones is 1. The fourth-order valence-corrected chi connectivity index (χ4v) is 1.91. The fraction of sp³-hybridized carbons (Fsp3) is 0.0625. The second-order valence-electron chi connectivity index (χ2n) is 4.14. The minimum absolute atomic E-state index is 0.0323. The summed E-state index contributed by atoms with van der Waals surface area (Å²) >= 11 is 5.84. The van der Waals surface area contributed by atoms with Crippen LogP contribution in [0.3, 0.4) is 0 Å². The Morgan fingerprint density at radius 1 is 1.25 bits per heavy atom. The number of aromatic hydroxyl groups is 1. The molecule has 0 aliphatic rings. The summed E-state index contributed by atoms with van der Waals surface area (Å²) in [6.45, 7) is 0. The number of allylic oxidation sites excluding steroid dienone is 1. The predicted molar refractivity (Wildman–Crippen MR) is 79.5 cm³/mol. The number of phenolic OH excluding ortho intramolecular Hbond substituents is 1. The predicted octanol–water partition coefficient (Wildman–Crippen LogP) is 3.95. The number of carbonyl (C=O) groups is 1. The van der Waals surface area contributed by atoms with Gasteiger partial charge in [0.25, 0.3) is 0 Å². The van der Waals surface area contributed by atoms with Crippen LogP contribution in [0.15, 0.2) is 48.5 Å². The molecular weight excluding hydrogens is 276 g/mol. The van der Waals surface area contributed by atoms with Gasteiger partial charge in [-0.2, -0.15) is 0 Å². The van der Waals surface area contributed by atoms with Crippen molar-refractivity contribution in [1.82, 2.24) is 0 Å². The van der Waals surface area contributed by atoms with Crippen LogP contribution in [0.4, 0.5) is 0 Å². The number of halogens is 1. The van der Waals surface area contributed by atoms with Gasteiger partial charge in [-0.3, -0.25) is 4.79 Å². The molecule has 0 bridgehead atoms. The van der Waals surface area contributed by atoms with Gasteiger partial charge in [0.1, 0.15) is 0 Å². The standard InChI is InChI=1S/C16H13ClO3/c1-20-16-8-6-11(9-15(16)19)5-7-14(18)12-3-2-4-13(17)10-12/h2-10,19H,1H3/b7-5+. The Hall–Kier alpha value is -2.26. The first-order valence-corrected chi connectivity index (χ1v) is 6.33. The van der Waals surface area contributed by atoms with Gasteiger partial charge < -0.3 is 9.84 Å². The molecule has 0 fully saturated rings. The van der Waals surface area contributed by atoms with Crippen LogP contribution >= 0.6 is 11.6 Å². The minimum atomic E-state index is -0.150. The van der Waals surface area contributed by atoms with E-state index >= 15 is 0 Å². The van der Waals surface area contributed by atoms with Crippen molar-refractivity contribution < 1.29 is 14.6 Å². The second kappa shape index (κ2) is 6.26. The van der Waals surface area contributed by atoms with Gasteiger partial charge in [-0.1, -0.05) is 35.9 Å². The zero-order valence-corrected chi connectivity index (χ0v) is 11.6. The lowest BCUT2D eigenvalue weighted by Gasteiger charge is -2.03. The van der Waals surface area contributed by atoms with Crippen molar-refractivity contribution in [2.24, 2.45) is 0 Å². The van der Waals surface area contributed by atoms with E-state index in [1.165, 1.54) is 19.3 Å². The number of hydrogen-bond acceptors (Lipinski definition) is 3. The molecule has 0 saturated heterocycles. The molecule has 2 aromatic rings. The first-order valence-electron chi connectivity index (χ1n) is 5.95. The smallest absolute Gasteiger partial charge is 0.185 e. The zero-order chi connectivity index (χ0) is 14.5. The normalized spacial score (nSPS) is 10.7. The minimum Gasteiger partial charge on any atom is -0.504 e. The topological polar surface area (TPSA) is 46.5 Å². The van der Waals surface area contributed by atoms with Crippen LogP contribution < -0.4 is 4.74 Å². The lowest BCUT2D eigenvalue weighted by molar-refractivity contribution is 0.104. The first kappa shape index (κ1) is 14.2. The van der Waals surface area contributed by atoms with E-state index in [1.54, 1.807) is 42.5 Å². The van der Waals surface area contributed by atoms with E-state index in [9.17, 15) is 9.90 Å². The molecule has 0 aromatic heterocycles. The SMILES string of the molecule is COc1ccc(/C=C/C(=O)c2cccc(Cl)c2)cc1O. The highest BCUT2D eigenvalue weighted by atomic mass is 35.5. The molecule has 0 unspecified atom stereocenters. The van der Waals surface area contributed by atoms with Crippen LogP contribution in [0.5, 0.6) is 11.5 Å². The molecule has 0 radical (unpaired) electrons. The largest absolute Gasteiger partial charge is 0.504 e. The molecule has 102 valence electrons. The van der Waals surface area contributed by atoms with Gasteiger partial charge in [-0.25, -0.2) is 0 Å². The molecule has 3 nitrogen and oxygen atoms in total. The zero-order valence-electron chi connectivity index (χ0n) is 10.8. The van der Waals surface area contributed by atoms with E-state index in [-0.39, 0.29) is 11.5 Å². The van der Waals surface area contributed by atoms with Gasteiger partial charge in [0, 0.05) is 10.6 Å². The van der Waals surface area contributed by atoms with Crippen LogP contribution in [-0.4, -0.2) is 18.0 Å². The molecule has 1 N–H and O–H groups in total. The van der Waals surface area contributed by atoms with Crippen molar-refractivity contribution >= 4 is 23.5 Å². The van der Waals surface area contributed by atoms with Crippen molar-refractivity contribution in [2.45, 2.75) is 0 Å². The number of ether oxygens (including phenoxy) is 1. The van der Waals surface area contributed by atoms with Crippen molar-refractivity contribution in [3.05, 3.63) is 64.7 Å². The maximum absolute atomic E-state index is 11.9. The highest BCUT2D eigenvalue weighted by Crippen LogP contribution is 2.26. The van der Waals surface area contributed by atoms with E-state index in [1.807, 2.05) is 0 Å². The molecule has 4 heteroatoms. The summed E-state index contributed by atoms with van der Waals surface area (Å²) < 4.78 is 4.95. The number of carbonyl (C=O) groups excluding carboxylic acids is 1. The monoisotopic (exact) mass is 288 g/mol. The van der Waals surface area contributed by atoms with E-state index in [4.69, 9.17) is 16.3 Å². The third-order valence-electron chi connectivity index (χ3n) is 2.74. The molecule has 2 aromatic carbocycles. The Labute approximate surface area is 122 Å². The van der Waals surface area contributed by atoms with Crippen molar-refractivity contribution in [3.8, 4) is 11.5 Å². The van der Waals surface area contributed by atoms with Crippen LogP contribution in [-0.2, 0) is 0 Å². The molecule has 0 aliphatic heterocycles. The molecule has 0 aliphatic carbocycles. The van der Waals surface area contributed by atoms with Crippen LogP contribution in [0.25, 0.3) is 6.08 Å².